The van der Waals surface area contributed by atoms with Crippen molar-refractivity contribution in [3.8, 4) is 17.2 Å². The first-order chi connectivity index (χ1) is 13.4. The van der Waals surface area contributed by atoms with Gasteiger partial charge in [0.1, 0.15) is 16.4 Å². The molecule has 0 aliphatic carbocycles. The molecular weight excluding hydrogens is 399 g/mol. The van der Waals surface area contributed by atoms with Crippen LogP contribution in [-0.2, 0) is 16.5 Å². The van der Waals surface area contributed by atoms with Gasteiger partial charge < -0.3 is 9.84 Å². The van der Waals surface area contributed by atoms with E-state index >= 15 is 0 Å². The van der Waals surface area contributed by atoms with E-state index in [1.165, 1.54) is 31.7 Å². The van der Waals surface area contributed by atoms with E-state index in [2.05, 4.69) is 6.92 Å². The van der Waals surface area contributed by atoms with Gasteiger partial charge in [0, 0.05) is 5.56 Å². The minimum atomic E-state index is -4.51. The van der Waals surface area contributed by atoms with Crippen molar-refractivity contribution in [1.29, 1.82) is 0 Å². The fraction of sp³-hybridized carbons (Fsp3) is 0.455. The SMILES string of the molecule is CCCCCCCCCCc1c(Oc2ccccc2)cc([O-])cc1S(=O)(=O)O.[Na+]. The second-order valence-corrected chi connectivity index (χ2v) is 8.40. The summed E-state index contributed by atoms with van der Waals surface area (Å²) in [6, 6.07) is 11.1. The Labute approximate surface area is 196 Å². The van der Waals surface area contributed by atoms with Crippen molar-refractivity contribution in [2.75, 3.05) is 0 Å². The van der Waals surface area contributed by atoms with Crippen LogP contribution < -0.4 is 39.4 Å². The molecule has 0 saturated carbocycles. The van der Waals surface area contributed by atoms with Gasteiger partial charge in [-0.3, -0.25) is 4.55 Å². The fourth-order valence-corrected chi connectivity index (χ4v) is 3.99. The molecule has 29 heavy (non-hydrogen) atoms. The third-order valence-electron chi connectivity index (χ3n) is 4.67. The molecule has 0 spiro atoms. The Balaban J connectivity index is 0.00000420. The molecular formula is C22H29NaO5S. The van der Waals surface area contributed by atoms with Crippen molar-refractivity contribution < 1.29 is 52.4 Å². The van der Waals surface area contributed by atoms with E-state index in [1.54, 1.807) is 24.3 Å². The number of hydrogen-bond acceptors (Lipinski definition) is 4. The number of unbranched alkanes of at least 4 members (excludes halogenated alkanes) is 7. The first-order valence-corrected chi connectivity index (χ1v) is 11.4. The molecule has 2 aromatic carbocycles. The van der Waals surface area contributed by atoms with E-state index in [1.807, 2.05) is 6.07 Å². The van der Waals surface area contributed by atoms with Gasteiger partial charge in [-0.1, -0.05) is 70.1 Å². The predicted octanol–water partition coefficient (Wildman–Crippen LogP) is 2.49. The summed E-state index contributed by atoms with van der Waals surface area (Å²) in [6.45, 7) is 2.19. The van der Waals surface area contributed by atoms with Crippen molar-refractivity contribution in [2.24, 2.45) is 0 Å². The molecule has 0 bridgehead atoms. The van der Waals surface area contributed by atoms with E-state index in [-0.39, 0.29) is 40.2 Å². The van der Waals surface area contributed by atoms with Crippen LogP contribution in [0.5, 0.6) is 17.2 Å². The molecule has 0 radical (unpaired) electrons. The van der Waals surface area contributed by atoms with E-state index in [0.717, 1.165) is 31.7 Å². The summed E-state index contributed by atoms with van der Waals surface area (Å²) in [7, 11) is -4.51. The van der Waals surface area contributed by atoms with Crippen LogP contribution in [0.3, 0.4) is 0 Å². The Kier molecular flexibility index (Phi) is 11.9. The monoisotopic (exact) mass is 428 g/mol. The summed E-state index contributed by atoms with van der Waals surface area (Å²) < 4.78 is 39.0. The predicted molar refractivity (Wildman–Crippen MR) is 109 cm³/mol. The Bertz CT molecular complexity index is 838. The maximum absolute atomic E-state index is 11.9. The summed E-state index contributed by atoms with van der Waals surface area (Å²) >= 11 is 0. The van der Waals surface area contributed by atoms with E-state index in [9.17, 15) is 18.1 Å². The summed E-state index contributed by atoms with van der Waals surface area (Å²) in [5, 5.41) is 11.9. The molecule has 0 heterocycles. The molecule has 5 nitrogen and oxygen atoms in total. The molecule has 0 amide bonds. The van der Waals surface area contributed by atoms with Gasteiger partial charge in [0.25, 0.3) is 10.1 Å². The molecule has 0 aliphatic heterocycles. The van der Waals surface area contributed by atoms with Crippen LogP contribution in [0.2, 0.25) is 0 Å². The van der Waals surface area contributed by atoms with Gasteiger partial charge in [0.05, 0.1) is 0 Å². The molecule has 154 valence electrons. The molecule has 2 aromatic rings. The molecule has 0 saturated heterocycles. The molecule has 0 aliphatic rings. The average Bonchev–Trinajstić information content (AvgIpc) is 2.65. The zero-order chi connectivity index (χ0) is 20.4. The smallest absolute Gasteiger partial charge is 0.872 e. The second-order valence-electron chi connectivity index (χ2n) is 7.01. The van der Waals surface area contributed by atoms with Crippen LogP contribution in [0.25, 0.3) is 0 Å². The second kappa shape index (κ2) is 13.3. The van der Waals surface area contributed by atoms with Crippen molar-refractivity contribution >= 4 is 10.1 Å². The normalized spacial score (nSPS) is 11.1. The third kappa shape index (κ3) is 9.09. The summed E-state index contributed by atoms with van der Waals surface area (Å²) in [6.07, 6.45) is 9.35. The molecule has 2 rings (SSSR count). The molecule has 0 aromatic heterocycles. The Morgan fingerprint density at radius 3 is 2.10 bits per heavy atom. The maximum Gasteiger partial charge on any atom is 1.00 e. The van der Waals surface area contributed by atoms with Crippen molar-refractivity contribution in [1.82, 2.24) is 0 Å². The number of para-hydroxylation sites is 1. The number of hydrogen-bond donors (Lipinski definition) is 1. The Hall–Kier alpha value is -1.05. The van der Waals surface area contributed by atoms with Gasteiger partial charge in [-0.05, 0) is 37.1 Å². The summed E-state index contributed by atoms with van der Waals surface area (Å²) in [4.78, 5) is -0.353. The number of ether oxygens (including phenoxy) is 1. The topological polar surface area (TPSA) is 86.7 Å². The molecule has 0 fully saturated rings. The number of benzene rings is 2. The fourth-order valence-electron chi connectivity index (χ4n) is 3.21. The van der Waals surface area contributed by atoms with Crippen molar-refractivity contribution in [3.05, 3.63) is 48.0 Å². The molecule has 7 heteroatoms. The molecule has 1 N–H and O–H groups in total. The standard InChI is InChI=1S/C22H30O5S.Na/c1-2-3-4-5-6-7-8-12-15-20-21(27-19-13-10-9-11-14-19)16-18(23)17-22(20)28(24,25)26;/h9-11,13-14,16-17,23H,2-8,12,15H2,1H3,(H,24,25,26);/q;+1/p-1. The van der Waals surface area contributed by atoms with Gasteiger partial charge in [0.15, 0.2) is 0 Å². The Morgan fingerprint density at radius 1 is 0.931 bits per heavy atom. The van der Waals surface area contributed by atoms with Crippen molar-refractivity contribution in [3.63, 3.8) is 0 Å². The van der Waals surface area contributed by atoms with Gasteiger partial charge in [-0.2, -0.15) is 8.42 Å². The largest absolute Gasteiger partial charge is 1.00 e. The zero-order valence-electron chi connectivity index (χ0n) is 17.4. The number of rotatable bonds is 12. The van der Waals surface area contributed by atoms with Crippen LogP contribution in [0.15, 0.2) is 47.4 Å². The molecule has 0 unspecified atom stereocenters. The van der Waals surface area contributed by atoms with Gasteiger partial charge in [0.2, 0.25) is 0 Å². The van der Waals surface area contributed by atoms with Gasteiger partial charge in [-0.15, -0.1) is 5.75 Å². The van der Waals surface area contributed by atoms with Crippen LogP contribution in [0.4, 0.5) is 0 Å². The maximum atomic E-state index is 11.9. The van der Waals surface area contributed by atoms with Gasteiger partial charge >= 0.3 is 29.6 Å². The zero-order valence-corrected chi connectivity index (χ0v) is 20.2. The van der Waals surface area contributed by atoms with Crippen LogP contribution in [0, 0.1) is 0 Å². The summed E-state index contributed by atoms with van der Waals surface area (Å²) in [5.41, 5.74) is 0.358. The quantitative estimate of drug-likeness (QED) is 0.319. The van der Waals surface area contributed by atoms with Crippen LogP contribution in [0.1, 0.15) is 63.9 Å². The summed E-state index contributed by atoms with van der Waals surface area (Å²) in [5.74, 6) is 0.180. The average molecular weight is 429 g/mol. The van der Waals surface area contributed by atoms with E-state index in [4.69, 9.17) is 4.74 Å². The minimum Gasteiger partial charge on any atom is -0.872 e. The van der Waals surface area contributed by atoms with E-state index < -0.39 is 15.9 Å². The first kappa shape index (κ1) is 26.0. The first-order valence-electron chi connectivity index (χ1n) is 9.96. The minimum absolute atomic E-state index is 0. The Morgan fingerprint density at radius 2 is 1.52 bits per heavy atom. The van der Waals surface area contributed by atoms with Crippen LogP contribution >= 0.6 is 0 Å². The van der Waals surface area contributed by atoms with E-state index in [0.29, 0.717) is 17.7 Å². The third-order valence-corrected chi connectivity index (χ3v) is 5.59. The van der Waals surface area contributed by atoms with Crippen LogP contribution in [-0.4, -0.2) is 13.0 Å². The van der Waals surface area contributed by atoms with Gasteiger partial charge in [-0.25, -0.2) is 0 Å². The molecule has 0 atom stereocenters. The van der Waals surface area contributed by atoms with Crippen molar-refractivity contribution in [2.45, 2.75) is 69.6 Å².